The van der Waals surface area contributed by atoms with Crippen LogP contribution in [0.15, 0.2) is 48.5 Å². The zero-order valence-corrected chi connectivity index (χ0v) is 16.3. The van der Waals surface area contributed by atoms with Crippen molar-refractivity contribution < 1.29 is 18.7 Å². The van der Waals surface area contributed by atoms with Crippen LogP contribution < -0.4 is 10.1 Å². The molecule has 2 aliphatic rings. The summed E-state index contributed by atoms with van der Waals surface area (Å²) in [7, 11) is 0. The van der Waals surface area contributed by atoms with Crippen molar-refractivity contribution in [1.82, 2.24) is 10.2 Å². The molecule has 2 aromatic rings. The van der Waals surface area contributed by atoms with Gasteiger partial charge in [0, 0.05) is 24.7 Å². The Balaban J connectivity index is 1.26. The van der Waals surface area contributed by atoms with Gasteiger partial charge in [-0.2, -0.15) is 0 Å². The molecule has 5 nitrogen and oxygen atoms in total. The van der Waals surface area contributed by atoms with Gasteiger partial charge in [0.25, 0.3) is 11.8 Å². The Kier molecular flexibility index (Phi) is 5.79. The molecule has 0 radical (unpaired) electrons. The number of hydrogen-bond acceptors (Lipinski definition) is 3. The highest BCUT2D eigenvalue weighted by atomic mass is 19.1. The van der Waals surface area contributed by atoms with Gasteiger partial charge < -0.3 is 15.0 Å². The number of rotatable bonds is 6. The third-order valence-corrected chi connectivity index (χ3v) is 5.52. The zero-order valence-electron chi connectivity index (χ0n) is 16.3. The standard InChI is InChI=1S/C23H25FN2O3/c24-21-4-2-1-3-20(21)23(28)26-13-11-18(12-14-26)25-22(27)17-7-9-19(10-8-17)29-15-16-5-6-16/h1-4,7-10,16,18H,5-6,11-15H2,(H,25,27). The minimum atomic E-state index is -0.502. The summed E-state index contributed by atoms with van der Waals surface area (Å²) >= 11 is 0. The van der Waals surface area contributed by atoms with Gasteiger partial charge in [-0.3, -0.25) is 9.59 Å². The molecule has 1 aliphatic carbocycles. The van der Waals surface area contributed by atoms with E-state index in [4.69, 9.17) is 4.74 Å². The zero-order chi connectivity index (χ0) is 20.2. The average molecular weight is 396 g/mol. The molecule has 1 saturated carbocycles. The second-order valence-corrected chi connectivity index (χ2v) is 7.80. The van der Waals surface area contributed by atoms with E-state index in [1.807, 2.05) is 12.1 Å². The molecule has 4 rings (SSSR count). The van der Waals surface area contributed by atoms with Gasteiger partial charge in [-0.25, -0.2) is 4.39 Å². The van der Waals surface area contributed by atoms with Crippen molar-refractivity contribution in [2.24, 2.45) is 5.92 Å². The summed E-state index contributed by atoms with van der Waals surface area (Å²) in [6, 6.07) is 13.2. The van der Waals surface area contributed by atoms with Gasteiger partial charge >= 0.3 is 0 Å². The fraction of sp³-hybridized carbons (Fsp3) is 0.391. The van der Waals surface area contributed by atoms with Crippen LogP contribution in [0.2, 0.25) is 0 Å². The number of nitrogens with one attached hydrogen (secondary N) is 1. The van der Waals surface area contributed by atoms with E-state index < -0.39 is 5.82 Å². The molecular weight excluding hydrogens is 371 g/mol. The van der Waals surface area contributed by atoms with Gasteiger partial charge in [0.05, 0.1) is 12.2 Å². The summed E-state index contributed by atoms with van der Waals surface area (Å²) < 4.78 is 19.5. The minimum absolute atomic E-state index is 0.00189. The number of halogens is 1. The van der Waals surface area contributed by atoms with Crippen molar-refractivity contribution >= 4 is 11.8 Å². The van der Waals surface area contributed by atoms with Gasteiger partial charge in [0.2, 0.25) is 0 Å². The molecule has 152 valence electrons. The summed E-state index contributed by atoms with van der Waals surface area (Å²) in [5.41, 5.74) is 0.688. The number of nitrogens with zero attached hydrogens (tertiary/aromatic N) is 1. The maximum atomic E-state index is 13.8. The predicted octanol–water partition coefficient (Wildman–Crippen LogP) is 3.65. The molecule has 2 amide bonds. The molecule has 0 bridgehead atoms. The summed E-state index contributed by atoms with van der Waals surface area (Å²) in [6.45, 7) is 1.73. The molecule has 0 unspecified atom stereocenters. The Morgan fingerprint density at radius 1 is 1.00 bits per heavy atom. The third-order valence-electron chi connectivity index (χ3n) is 5.52. The van der Waals surface area contributed by atoms with Gasteiger partial charge in [-0.05, 0) is 68.0 Å². The topological polar surface area (TPSA) is 58.6 Å². The predicted molar refractivity (Wildman–Crippen MR) is 107 cm³/mol. The third kappa shape index (κ3) is 4.94. The van der Waals surface area contributed by atoms with E-state index in [0.717, 1.165) is 12.4 Å². The first kappa shape index (κ1) is 19.4. The van der Waals surface area contributed by atoms with Crippen LogP contribution in [0.5, 0.6) is 5.75 Å². The maximum Gasteiger partial charge on any atom is 0.256 e. The summed E-state index contributed by atoms with van der Waals surface area (Å²) in [5.74, 6) is 0.548. The lowest BCUT2D eigenvalue weighted by molar-refractivity contribution is 0.0693. The molecule has 1 N–H and O–H groups in total. The number of carbonyl (C=O) groups is 2. The lowest BCUT2D eigenvalue weighted by Gasteiger charge is -2.32. The highest BCUT2D eigenvalue weighted by Gasteiger charge is 2.26. The molecule has 1 heterocycles. The van der Waals surface area contributed by atoms with Crippen LogP contribution >= 0.6 is 0 Å². The lowest BCUT2D eigenvalue weighted by atomic mass is 10.0. The van der Waals surface area contributed by atoms with Crippen molar-refractivity contribution in [2.75, 3.05) is 19.7 Å². The van der Waals surface area contributed by atoms with Crippen LogP contribution in [0.3, 0.4) is 0 Å². The lowest BCUT2D eigenvalue weighted by Crippen LogP contribution is -2.46. The number of likely N-dealkylation sites (tertiary alicyclic amines) is 1. The smallest absolute Gasteiger partial charge is 0.256 e. The quantitative estimate of drug-likeness (QED) is 0.811. The number of piperidine rings is 1. The molecule has 0 atom stereocenters. The van der Waals surface area contributed by atoms with Crippen LogP contribution in [-0.4, -0.2) is 42.5 Å². The van der Waals surface area contributed by atoms with E-state index in [-0.39, 0.29) is 23.4 Å². The second kappa shape index (κ2) is 8.64. The molecule has 29 heavy (non-hydrogen) atoms. The van der Waals surface area contributed by atoms with Crippen molar-refractivity contribution in [3.05, 3.63) is 65.5 Å². The first-order valence-corrected chi connectivity index (χ1v) is 10.2. The van der Waals surface area contributed by atoms with Crippen molar-refractivity contribution in [2.45, 2.75) is 31.7 Å². The van der Waals surface area contributed by atoms with Crippen LogP contribution in [0.1, 0.15) is 46.4 Å². The maximum absolute atomic E-state index is 13.8. The van der Waals surface area contributed by atoms with E-state index in [2.05, 4.69) is 5.32 Å². The largest absolute Gasteiger partial charge is 0.493 e. The van der Waals surface area contributed by atoms with Gasteiger partial charge in [0.1, 0.15) is 11.6 Å². The van der Waals surface area contributed by atoms with Gasteiger partial charge in [-0.1, -0.05) is 12.1 Å². The Morgan fingerprint density at radius 2 is 1.69 bits per heavy atom. The van der Waals surface area contributed by atoms with Crippen molar-refractivity contribution in [3.63, 3.8) is 0 Å². The SMILES string of the molecule is O=C(NC1CCN(C(=O)c2ccccc2F)CC1)c1ccc(OCC2CC2)cc1. The normalized spacial score (nSPS) is 17.1. The molecule has 6 heteroatoms. The Hall–Kier alpha value is -2.89. The molecule has 1 aliphatic heterocycles. The number of amides is 2. The second-order valence-electron chi connectivity index (χ2n) is 7.80. The Labute approximate surface area is 169 Å². The molecular formula is C23H25FN2O3. The van der Waals surface area contributed by atoms with Crippen LogP contribution in [0.25, 0.3) is 0 Å². The van der Waals surface area contributed by atoms with E-state index in [1.54, 1.807) is 29.2 Å². The number of benzene rings is 2. The average Bonchev–Trinajstić information content (AvgIpc) is 3.58. The van der Waals surface area contributed by atoms with Crippen molar-refractivity contribution in [1.29, 1.82) is 0 Å². The van der Waals surface area contributed by atoms with E-state index in [9.17, 15) is 14.0 Å². The Bertz CT molecular complexity index is 872. The fourth-order valence-corrected chi connectivity index (χ4v) is 3.50. The number of hydrogen-bond donors (Lipinski definition) is 1. The summed E-state index contributed by atoms with van der Waals surface area (Å²) in [5, 5.41) is 3.03. The highest BCUT2D eigenvalue weighted by Crippen LogP contribution is 2.29. The fourth-order valence-electron chi connectivity index (χ4n) is 3.50. The molecule has 1 saturated heterocycles. The highest BCUT2D eigenvalue weighted by molar-refractivity contribution is 5.95. The Morgan fingerprint density at radius 3 is 2.34 bits per heavy atom. The molecule has 0 aromatic heterocycles. The number of carbonyl (C=O) groups excluding carboxylic acids is 2. The first-order valence-electron chi connectivity index (χ1n) is 10.2. The number of ether oxygens (including phenoxy) is 1. The summed E-state index contributed by atoms with van der Waals surface area (Å²) in [6.07, 6.45) is 3.78. The molecule has 0 spiro atoms. The van der Waals surface area contributed by atoms with E-state index in [1.165, 1.54) is 25.0 Å². The van der Waals surface area contributed by atoms with E-state index in [0.29, 0.717) is 37.4 Å². The van der Waals surface area contributed by atoms with E-state index >= 15 is 0 Å². The van der Waals surface area contributed by atoms with Crippen molar-refractivity contribution in [3.8, 4) is 5.75 Å². The van der Waals surface area contributed by atoms with Crippen LogP contribution in [-0.2, 0) is 0 Å². The molecule has 2 fully saturated rings. The summed E-state index contributed by atoms with van der Waals surface area (Å²) in [4.78, 5) is 26.6. The van der Waals surface area contributed by atoms with Gasteiger partial charge in [-0.15, -0.1) is 0 Å². The molecule has 2 aromatic carbocycles. The van der Waals surface area contributed by atoms with Gasteiger partial charge in [0.15, 0.2) is 0 Å². The monoisotopic (exact) mass is 396 g/mol. The minimum Gasteiger partial charge on any atom is -0.493 e. The van der Waals surface area contributed by atoms with Crippen LogP contribution in [0.4, 0.5) is 4.39 Å². The van der Waals surface area contributed by atoms with Crippen LogP contribution in [0, 0.1) is 11.7 Å². The first-order chi connectivity index (χ1) is 14.1.